The zero-order valence-electron chi connectivity index (χ0n) is 12.5. The number of rotatable bonds is 3. The molecule has 0 aliphatic heterocycles. The van der Waals surface area contributed by atoms with Crippen LogP contribution in [0.4, 0.5) is 13.2 Å². The Balaban J connectivity index is 2.12. The Morgan fingerprint density at radius 3 is 2.38 bits per heavy atom. The van der Waals surface area contributed by atoms with Crippen molar-refractivity contribution in [3.63, 3.8) is 0 Å². The lowest BCUT2D eigenvalue weighted by Crippen LogP contribution is -2.25. The topological polar surface area (TPSA) is 54.4 Å². The van der Waals surface area contributed by atoms with Crippen molar-refractivity contribution in [3.05, 3.63) is 64.7 Å². The fourth-order valence-corrected chi connectivity index (χ4v) is 4.16. The predicted octanol–water partition coefficient (Wildman–Crippen LogP) is 3.55. The van der Waals surface area contributed by atoms with Gasteiger partial charge in [-0.15, -0.1) is 0 Å². The van der Waals surface area contributed by atoms with Crippen molar-refractivity contribution in [1.29, 1.82) is 0 Å². The molecule has 0 amide bonds. The summed E-state index contributed by atoms with van der Waals surface area (Å²) in [4.78, 5) is -0.827. The molecule has 128 valence electrons. The maximum atomic E-state index is 12.9. The second-order valence-electron chi connectivity index (χ2n) is 5.78. The summed E-state index contributed by atoms with van der Waals surface area (Å²) in [5.74, 6) is 0. The van der Waals surface area contributed by atoms with E-state index in [9.17, 15) is 26.7 Å². The van der Waals surface area contributed by atoms with Crippen LogP contribution in [0.5, 0.6) is 0 Å². The molecule has 7 heteroatoms. The van der Waals surface area contributed by atoms with Gasteiger partial charge in [0.25, 0.3) is 9.84 Å². The number of hydrogen-bond donors (Lipinski definition) is 1. The van der Waals surface area contributed by atoms with Crippen molar-refractivity contribution >= 4 is 9.84 Å². The molecule has 1 aliphatic rings. The van der Waals surface area contributed by atoms with Crippen LogP contribution in [0.15, 0.2) is 47.4 Å². The minimum atomic E-state index is -5.48. The quantitative estimate of drug-likeness (QED) is 0.915. The van der Waals surface area contributed by atoms with Crippen molar-refractivity contribution in [3.8, 4) is 0 Å². The summed E-state index contributed by atoms with van der Waals surface area (Å²) in [5, 5.41) is 10.0. The Kier molecular flexibility index (Phi) is 4.17. The third kappa shape index (κ3) is 2.82. The highest BCUT2D eigenvalue weighted by molar-refractivity contribution is 7.92. The van der Waals surface area contributed by atoms with Crippen LogP contribution in [0.3, 0.4) is 0 Å². The van der Waals surface area contributed by atoms with Crippen LogP contribution in [0, 0.1) is 0 Å². The minimum absolute atomic E-state index is 0.0965. The van der Waals surface area contributed by atoms with Crippen LogP contribution < -0.4 is 0 Å². The molecule has 0 radical (unpaired) electrons. The number of aliphatic hydroxyl groups excluding tert-OH is 1. The summed E-state index contributed by atoms with van der Waals surface area (Å²) in [6.07, 6.45) is -0.133. The molecule has 0 aromatic heterocycles. The Morgan fingerprint density at radius 2 is 1.75 bits per heavy atom. The van der Waals surface area contributed by atoms with Gasteiger partial charge in [-0.25, -0.2) is 8.42 Å². The van der Waals surface area contributed by atoms with E-state index in [1.807, 2.05) is 30.3 Å². The van der Waals surface area contributed by atoms with E-state index in [1.54, 1.807) is 0 Å². The summed E-state index contributed by atoms with van der Waals surface area (Å²) in [6.45, 7) is 0. The Hall–Kier alpha value is -1.86. The molecule has 3 rings (SSSR count). The van der Waals surface area contributed by atoms with E-state index in [-0.39, 0.29) is 12.0 Å². The summed E-state index contributed by atoms with van der Waals surface area (Å²) in [6, 6.07) is 11.7. The zero-order chi connectivity index (χ0) is 17.5. The Labute approximate surface area is 137 Å². The first-order valence-electron chi connectivity index (χ1n) is 7.40. The van der Waals surface area contributed by atoms with Crippen molar-refractivity contribution in [2.75, 3.05) is 0 Å². The van der Waals surface area contributed by atoms with Gasteiger partial charge in [-0.3, -0.25) is 0 Å². The van der Waals surface area contributed by atoms with E-state index in [4.69, 9.17) is 0 Å². The van der Waals surface area contributed by atoms with Gasteiger partial charge in [0.15, 0.2) is 0 Å². The molecule has 3 nitrogen and oxygen atoms in total. The second-order valence-corrected chi connectivity index (χ2v) is 7.69. The molecular formula is C17H15F3O3S. The first-order valence-corrected chi connectivity index (χ1v) is 8.88. The summed E-state index contributed by atoms with van der Waals surface area (Å²) < 4.78 is 62.3. The zero-order valence-corrected chi connectivity index (χ0v) is 13.4. The largest absolute Gasteiger partial charge is 0.501 e. The lowest BCUT2D eigenvalue weighted by molar-refractivity contribution is -0.0437. The van der Waals surface area contributed by atoms with Gasteiger partial charge < -0.3 is 5.11 Å². The van der Waals surface area contributed by atoms with Gasteiger partial charge in [0.2, 0.25) is 0 Å². The Bertz CT molecular complexity index is 859. The maximum Gasteiger partial charge on any atom is 0.501 e. The summed E-state index contributed by atoms with van der Waals surface area (Å²) >= 11 is 0. The SMILES string of the molecule is O=S(=O)(c1ccc(Cc2ccccc2)c2c1C(O)CC2)C(F)(F)F. The number of halogens is 3. The van der Waals surface area contributed by atoms with Crippen LogP contribution in [0.2, 0.25) is 0 Å². The molecule has 24 heavy (non-hydrogen) atoms. The maximum absolute atomic E-state index is 12.9. The van der Waals surface area contributed by atoms with Gasteiger partial charge in [0.1, 0.15) is 0 Å². The second kappa shape index (κ2) is 5.89. The molecule has 2 aromatic carbocycles. The normalized spacial score (nSPS) is 17.8. The molecule has 1 aliphatic carbocycles. The number of alkyl halides is 3. The predicted molar refractivity (Wildman–Crippen MR) is 82.2 cm³/mol. The summed E-state index contributed by atoms with van der Waals surface area (Å²) in [7, 11) is -5.48. The number of benzene rings is 2. The van der Waals surface area contributed by atoms with Gasteiger partial charge >= 0.3 is 5.51 Å². The first-order chi connectivity index (χ1) is 11.2. The standard InChI is InChI=1S/C17H15F3O3S/c18-17(19,20)24(22,23)15-9-6-12(10-11-4-2-1-3-5-11)13-7-8-14(21)16(13)15/h1-6,9,14,21H,7-8,10H2. The molecule has 0 spiro atoms. The lowest BCUT2D eigenvalue weighted by atomic mass is 9.97. The van der Waals surface area contributed by atoms with Gasteiger partial charge in [-0.2, -0.15) is 13.2 Å². The van der Waals surface area contributed by atoms with E-state index in [2.05, 4.69) is 0 Å². The fraction of sp³-hybridized carbons (Fsp3) is 0.294. The number of hydrogen-bond acceptors (Lipinski definition) is 3. The molecule has 0 bridgehead atoms. The summed E-state index contributed by atoms with van der Waals surface area (Å²) in [5.41, 5.74) is -3.26. The van der Waals surface area contributed by atoms with Crippen LogP contribution in [0.25, 0.3) is 0 Å². The van der Waals surface area contributed by atoms with Crippen molar-refractivity contribution in [1.82, 2.24) is 0 Å². The molecule has 1 N–H and O–H groups in total. The third-order valence-electron chi connectivity index (χ3n) is 4.25. The number of aliphatic hydroxyl groups is 1. The lowest BCUT2D eigenvalue weighted by Gasteiger charge is -2.16. The van der Waals surface area contributed by atoms with Crippen LogP contribution >= 0.6 is 0 Å². The molecular weight excluding hydrogens is 341 g/mol. The van der Waals surface area contributed by atoms with Crippen molar-refractivity contribution < 1.29 is 26.7 Å². The van der Waals surface area contributed by atoms with Gasteiger partial charge in [-0.1, -0.05) is 36.4 Å². The first kappa shape index (κ1) is 17.0. The fourth-order valence-electron chi connectivity index (χ4n) is 3.11. The molecule has 0 heterocycles. The van der Waals surface area contributed by atoms with Crippen molar-refractivity contribution in [2.45, 2.75) is 35.8 Å². The molecule has 1 atom stereocenters. The molecule has 0 saturated carbocycles. The van der Waals surface area contributed by atoms with E-state index in [1.165, 1.54) is 6.07 Å². The smallest absolute Gasteiger partial charge is 0.388 e. The highest BCUT2D eigenvalue weighted by atomic mass is 32.2. The molecule has 0 saturated heterocycles. The van der Waals surface area contributed by atoms with Crippen molar-refractivity contribution in [2.24, 2.45) is 0 Å². The van der Waals surface area contributed by atoms with Crippen LogP contribution in [0.1, 0.15) is 34.8 Å². The molecule has 2 aromatic rings. The monoisotopic (exact) mass is 356 g/mol. The average Bonchev–Trinajstić information content (AvgIpc) is 2.90. The van der Waals surface area contributed by atoms with Gasteiger partial charge in [0, 0.05) is 5.56 Å². The van der Waals surface area contributed by atoms with Gasteiger partial charge in [0.05, 0.1) is 11.0 Å². The molecule has 1 unspecified atom stereocenters. The third-order valence-corrected chi connectivity index (χ3v) is 5.79. The molecule has 0 fully saturated rings. The van der Waals surface area contributed by atoms with Crippen LogP contribution in [-0.4, -0.2) is 19.0 Å². The van der Waals surface area contributed by atoms with E-state index in [0.29, 0.717) is 18.4 Å². The highest BCUT2D eigenvalue weighted by Crippen LogP contribution is 2.42. The minimum Gasteiger partial charge on any atom is -0.388 e. The van der Waals surface area contributed by atoms with E-state index >= 15 is 0 Å². The van der Waals surface area contributed by atoms with E-state index < -0.39 is 26.3 Å². The number of fused-ring (bicyclic) bond motifs is 1. The Morgan fingerprint density at radius 1 is 1.08 bits per heavy atom. The number of sulfone groups is 1. The van der Waals surface area contributed by atoms with Crippen LogP contribution in [-0.2, 0) is 22.7 Å². The van der Waals surface area contributed by atoms with Gasteiger partial charge in [-0.05, 0) is 42.0 Å². The average molecular weight is 356 g/mol. The van der Waals surface area contributed by atoms with E-state index in [0.717, 1.165) is 17.2 Å². The highest BCUT2D eigenvalue weighted by Gasteiger charge is 2.49.